The third kappa shape index (κ3) is 4.32. The third-order valence-electron chi connectivity index (χ3n) is 6.20. The number of anilines is 1. The van der Waals surface area contributed by atoms with Gasteiger partial charge in [-0.3, -0.25) is 9.98 Å². The Bertz CT molecular complexity index is 1640. The maximum atomic E-state index is 15.4. The molecular weight excluding hydrogens is 495 g/mol. The van der Waals surface area contributed by atoms with Gasteiger partial charge < -0.3 is 25.6 Å². The smallest absolute Gasteiger partial charge is 0.348 e. The molecule has 1 unspecified atom stereocenters. The standard InChI is InChI=1S/C26H23FN6O5/c1-37-20-10-17(18(27)11-21(20)38-2)22(30-14-7-8-15-13(9-14)12-29-23(15)28)24-31-26(36)33(32-24)19-6-4-3-5-16(19)25(34)35/h3-11,22,30H,12H2,1-2H3,(H2,28,29)(H,34,35)(H,31,32,36). The summed E-state index contributed by atoms with van der Waals surface area (Å²) in [6.07, 6.45) is 0. The van der Waals surface area contributed by atoms with E-state index in [0.717, 1.165) is 15.8 Å². The molecule has 1 aliphatic heterocycles. The Kier molecular flexibility index (Phi) is 6.29. The number of para-hydroxylation sites is 1. The zero-order valence-corrected chi connectivity index (χ0v) is 20.4. The van der Waals surface area contributed by atoms with Gasteiger partial charge in [0.15, 0.2) is 17.3 Å². The Morgan fingerprint density at radius 3 is 2.63 bits per heavy atom. The first kappa shape index (κ1) is 24.6. The molecule has 1 aromatic heterocycles. The number of hydrogen-bond acceptors (Lipinski definition) is 8. The number of amidine groups is 1. The average Bonchev–Trinajstić information content (AvgIpc) is 3.49. The lowest BCUT2D eigenvalue weighted by atomic mass is 10.0. The second kappa shape index (κ2) is 9.73. The minimum atomic E-state index is -1.22. The van der Waals surface area contributed by atoms with Crippen LogP contribution >= 0.6 is 0 Å². The first-order valence-corrected chi connectivity index (χ1v) is 11.4. The quantitative estimate of drug-likeness (QED) is 0.277. The number of nitrogens with zero attached hydrogens (tertiary/aromatic N) is 3. The highest BCUT2D eigenvalue weighted by molar-refractivity contribution is 6.01. The highest BCUT2D eigenvalue weighted by Crippen LogP contribution is 2.36. The van der Waals surface area contributed by atoms with Crippen molar-refractivity contribution in [2.24, 2.45) is 10.7 Å². The molecule has 194 valence electrons. The summed E-state index contributed by atoms with van der Waals surface area (Å²) in [6, 6.07) is 12.9. The predicted octanol–water partition coefficient (Wildman–Crippen LogP) is 2.84. The summed E-state index contributed by atoms with van der Waals surface area (Å²) in [5.41, 5.74) is 7.56. The molecule has 0 fully saturated rings. The monoisotopic (exact) mass is 518 g/mol. The molecule has 38 heavy (non-hydrogen) atoms. The van der Waals surface area contributed by atoms with Crippen LogP contribution in [0.25, 0.3) is 5.69 Å². The van der Waals surface area contributed by atoms with E-state index in [1.807, 2.05) is 6.07 Å². The molecule has 4 aromatic rings. The number of benzene rings is 3. The normalized spacial score (nSPS) is 13.0. The number of halogens is 1. The van der Waals surface area contributed by atoms with Crippen molar-refractivity contribution in [2.45, 2.75) is 12.6 Å². The van der Waals surface area contributed by atoms with Gasteiger partial charge in [0.25, 0.3) is 0 Å². The van der Waals surface area contributed by atoms with Gasteiger partial charge in [0.1, 0.15) is 17.7 Å². The van der Waals surface area contributed by atoms with Crippen molar-refractivity contribution in [1.29, 1.82) is 0 Å². The number of ether oxygens (including phenoxy) is 2. The minimum absolute atomic E-state index is 0.0394. The summed E-state index contributed by atoms with van der Waals surface area (Å²) in [4.78, 5) is 31.6. The molecule has 11 nitrogen and oxygen atoms in total. The Morgan fingerprint density at radius 1 is 1.16 bits per heavy atom. The van der Waals surface area contributed by atoms with Crippen molar-refractivity contribution in [1.82, 2.24) is 14.8 Å². The lowest BCUT2D eigenvalue weighted by Gasteiger charge is -2.21. The number of aliphatic imine (C=N–C) groups is 1. The fourth-order valence-corrected chi connectivity index (χ4v) is 4.34. The Hall–Kier alpha value is -5.13. The van der Waals surface area contributed by atoms with E-state index >= 15 is 4.39 Å². The van der Waals surface area contributed by atoms with Crippen molar-refractivity contribution < 1.29 is 23.8 Å². The van der Waals surface area contributed by atoms with E-state index in [2.05, 4.69) is 20.4 Å². The van der Waals surface area contributed by atoms with Crippen LogP contribution in [0.15, 0.2) is 64.4 Å². The molecule has 5 N–H and O–H groups in total. The molecule has 0 saturated carbocycles. The number of H-pyrrole nitrogens is 1. The molecule has 0 bridgehead atoms. The number of carboxylic acid groups (broad SMARTS) is 1. The summed E-state index contributed by atoms with van der Waals surface area (Å²) in [5.74, 6) is -0.935. The number of aromatic carboxylic acids is 1. The van der Waals surface area contributed by atoms with Crippen LogP contribution in [0.2, 0.25) is 0 Å². The molecular formula is C26H23FN6O5. The SMILES string of the molecule is COc1cc(F)c(C(Nc2ccc3c(c2)CN=C3N)c2nn(-c3ccccc3C(=O)O)c(=O)[nH]2)cc1OC. The first-order chi connectivity index (χ1) is 18.3. The van der Waals surface area contributed by atoms with Crippen LogP contribution in [-0.4, -0.2) is 45.9 Å². The summed E-state index contributed by atoms with van der Waals surface area (Å²) in [7, 11) is 2.82. The van der Waals surface area contributed by atoms with Gasteiger partial charge in [-0.2, -0.15) is 4.68 Å². The Labute approximate surface area is 215 Å². The topological polar surface area (TPSA) is 157 Å². The van der Waals surface area contributed by atoms with Crippen LogP contribution in [-0.2, 0) is 6.54 Å². The number of carboxylic acids is 1. The van der Waals surface area contributed by atoms with Gasteiger partial charge in [-0.05, 0) is 42.0 Å². The number of carbonyl (C=O) groups is 1. The van der Waals surface area contributed by atoms with Crippen molar-refractivity contribution in [3.63, 3.8) is 0 Å². The van der Waals surface area contributed by atoms with Crippen LogP contribution < -0.4 is 26.2 Å². The van der Waals surface area contributed by atoms with E-state index in [4.69, 9.17) is 15.2 Å². The maximum absolute atomic E-state index is 15.4. The lowest BCUT2D eigenvalue weighted by Crippen LogP contribution is -2.18. The van der Waals surface area contributed by atoms with E-state index in [0.29, 0.717) is 18.1 Å². The third-order valence-corrected chi connectivity index (χ3v) is 6.20. The molecule has 0 saturated heterocycles. The van der Waals surface area contributed by atoms with Crippen LogP contribution in [0.3, 0.4) is 0 Å². The number of rotatable bonds is 8. The Morgan fingerprint density at radius 2 is 1.89 bits per heavy atom. The van der Waals surface area contributed by atoms with Crippen LogP contribution in [0.4, 0.5) is 10.1 Å². The van der Waals surface area contributed by atoms with Gasteiger partial charge >= 0.3 is 11.7 Å². The van der Waals surface area contributed by atoms with Crippen molar-refractivity contribution in [3.05, 3.63) is 99.0 Å². The summed E-state index contributed by atoms with van der Waals surface area (Å²) >= 11 is 0. The Balaban J connectivity index is 1.64. The van der Waals surface area contributed by atoms with Crippen molar-refractivity contribution in [2.75, 3.05) is 19.5 Å². The molecule has 3 aromatic carbocycles. The minimum Gasteiger partial charge on any atom is -0.493 e. The number of methoxy groups -OCH3 is 2. The van der Waals surface area contributed by atoms with E-state index in [1.165, 1.54) is 38.5 Å². The van der Waals surface area contributed by atoms with Crippen molar-refractivity contribution in [3.8, 4) is 17.2 Å². The molecule has 0 radical (unpaired) electrons. The van der Waals surface area contributed by atoms with E-state index < -0.39 is 23.5 Å². The average molecular weight is 519 g/mol. The number of nitrogens with two attached hydrogens (primary N) is 1. The van der Waals surface area contributed by atoms with Gasteiger partial charge in [-0.1, -0.05) is 12.1 Å². The summed E-state index contributed by atoms with van der Waals surface area (Å²) < 4.78 is 27.0. The number of fused-ring (bicyclic) bond motifs is 1. The molecule has 2 heterocycles. The molecule has 5 rings (SSSR count). The largest absolute Gasteiger partial charge is 0.493 e. The van der Waals surface area contributed by atoms with E-state index in [1.54, 1.807) is 24.3 Å². The highest BCUT2D eigenvalue weighted by atomic mass is 19.1. The zero-order valence-electron chi connectivity index (χ0n) is 20.4. The summed E-state index contributed by atoms with van der Waals surface area (Å²) in [6.45, 7) is 0.406. The van der Waals surface area contributed by atoms with Gasteiger partial charge in [-0.25, -0.2) is 14.0 Å². The molecule has 12 heteroatoms. The fraction of sp³-hybridized carbons (Fsp3) is 0.154. The fourth-order valence-electron chi connectivity index (χ4n) is 4.34. The number of aromatic amines is 1. The van der Waals surface area contributed by atoms with Crippen molar-refractivity contribution >= 4 is 17.5 Å². The molecule has 1 atom stereocenters. The number of hydrogen-bond donors (Lipinski definition) is 4. The number of nitrogens with one attached hydrogen (secondary N) is 2. The van der Waals surface area contributed by atoms with Crippen LogP contribution in [0.5, 0.6) is 11.5 Å². The van der Waals surface area contributed by atoms with E-state index in [-0.39, 0.29) is 34.1 Å². The molecule has 0 spiro atoms. The molecule has 0 amide bonds. The molecule has 1 aliphatic rings. The second-order valence-electron chi connectivity index (χ2n) is 8.43. The van der Waals surface area contributed by atoms with Gasteiger partial charge in [0, 0.05) is 22.9 Å². The van der Waals surface area contributed by atoms with Gasteiger partial charge in [-0.15, -0.1) is 5.10 Å². The zero-order chi connectivity index (χ0) is 27.0. The maximum Gasteiger partial charge on any atom is 0.348 e. The van der Waals surface area contributed by atoms with Gasteiger partial charge in [0.05, 0.1) is 32.0 Å². The highest BCUT2D eigenvalue weighted by Gasteiger charge is 2.27. The van der Waals surface area contributed by atoms with Gasteiger partial charge in [0.2, 0.25) is 0 Å². The number of aromatic nitrogens is 3. The first-order valence-electron chi connectivity index (χ1n) is 11.4. The predicted molar refractivity (Wildman–Crippen MR) is 137 cm³/mol. The summed E-state index contributed by atoms with van der Waals surface area (Å²) in [5, 5.41) is 17.2. The second-order valence-corrected chi connectivity index (χ2v) is 8.43. The van der Waals surface area contributed by atoms with Crippen LogP contribution in [0, 0.1) is 5.82 Å². The van der Waals surface area contributed by atoms with Crippen LogP contribution in [0.1, 0.15) is 38.9 Å². The molecule has 0 aliphatic carbocycles. The van der Waals surface area contributed by atoms with E-state index in [9.17, 15) is 14.7 Å². The lowest BCUT2D eigenvalue weighted by molar-refractivity contribution is 0.0696.